The fourth-order valence-corrected chi connectivity index (χ4v) is 4.23. The van der Waals surface area contributed by atoms with Crippen molar-refractivity contribution in [3.05, 3.63) is 35.6 Å². The average Bonchev–Trinajstić information content (AvgIpc) is 2.52. The predicted molar refractivity (Wildman–Crippen MR) is 86.0 cm³/mol. The van der Waals surface area contributed by atoms with Gasteiger partial charge in [0.2, 0.25) is 10.0 Å². The predicted octanol–water partition coefficient (Wildman–Crippen LogP) is 2.03. The van der Waals surface area contributed by atoms with Crippen LogP contribution in [0.2, 0.25) is 0 Å². The first-order valence-corrected chi connectivity index (χ1v) is 9.41. The lowest BCUT2D eigenvalue weighted by atomic mass is 9.99. The number of rotatable bonds is 8. The standard InChI is InChI=1S/C16H24FNO4S/c1-21-9-10-22-12-14-5-7-18(8-6-14)23(19,20)13-15-3-2-4-16(17)11-15/h2-4,11,14H,5-10,12-13H2,1H3. The zero-order chi connectivity index (χ0) is 16.7. The Morgan fingerprint density at radius 3 is 2.65 bits per heavy atom. The summed E-state index contributed by atoms with van der Waals surface area (Å²) in [5.74, 6) is -0.183. The normalized spacial score (nSPS) is 17.5. The Bertz CT molecular complexity index is 585. The van der Waals surface area contributed by atoms with Crippen LogP contribution in [0.15, 0.2) is 24.3 Å². The summed E-state index contributed by atoms with van der Waals surface area (Å²) in [5, 5.41) is 0. The molecule has 1 aromatic carbocycles. The van der Waals surface area contributed by atoms with E-state index in [2.05, 4.69) is 0 Å². The third kappa shape index (κ3) is 5.84. The highest BCUT2D eigenvalue weighted by Gasteiger charge is 2.28. The second kappa shape index (κ2) is 8.73. The van der Waals surface area contributed by atoms with Crippen molar-refractivity contribution in [3.63, 3.8) is 0 Å². The van der Waals surface area contributed by atoms with Crippen LogP contribution in [0, 0.1) is 11.7 Å². The maximum atomic E-state index is 13.2. The number of halogens is 1. The van der Waals surface area contributed by atoms with Gasteiger partial charge in [-0.05, 0) is 36.5 Å². The minimum absolute atomic E-state index is 0.153. The van der Waals surface area contributed by atoms with Gasteiger partial charge < -0.3 is 9.47 Å². The summed E-state index contributed by atoms with van der Waals surface area (Å²) in [4.78, 5) is 0. The van der Waals surface area contributed by atoms with Crippen molar-refractivity contribution in [2.45, 2.75) is 18.6 Å². The summed E-state index contributed by atoms with van der Waals surface area (Å²) in [6.07, 6.45) is 1.57. The highest BCUT2D eigenvalue weighted by molar-refractivity contribution is 7.88. The molecule has 0 spiro atoms. The molecule has 1 heterocycles. The van der Waals surface area contributed by atoms with Crippen LogP contribution >= 0.6 is 0 Å². The molecule has 0 aromatic heterocycles. The summed E-state index contributed by atoms with van der Waals surface area (Å²) in [6.45, 7) is 2.77. The quantitative estimate of drug-likeness (QED) is 0.677. The van der Waals surface area contributed by atoms with Gasteiger partial charge in [-0.15, -0.1) is 0 Å². The minimum atomic E-state index is -3.40. The van der Waals surface area contributed by atoms with Crippen molar-refractivity contribution >= 4 is 10.0 Å². The van der Waals surface area contributed by atoms with Gasteiger partial charge in [0.1, 0.15) is 5.82 Å². The number of nitrogens with zero attached hydrogens (tertiary/aromatic N) is 1. The molecule has 1 saturated heterocycles. The van der Waals surface area contributed by atoms with E-state index in [9.17, 15) is 12.8 Å². The van der Waals surface area contributed by atoms with Crippen LogP contribution in [-0.2, 0) is 25.2 Å². The van der Waals surface area contributed by atoms with E-state index >= 15 is 0 Å². The third-order valence-electron chi connectivity index (χ3n) is 3.99. The van der Waals surface area contributed by atoms with Crippen LogP contribution < -0.4 is 0 Å². The van der Waals surface area contributed by atoms with Gasteiger partial charge in [0.05, 0.1) is 19.0 Å². The molecule has 2 rings (SSSR count). The summed E-state index contributed by atoms with van der Waals surface area (Å²) in [7, 11) is -1.77. The van der Waals surface area contributed by atoms with Crippen LogP contribution in [-0.4, -0.2) is 52.7 Å². The number of benzene rings is 1. The van der Waals surface area contributed by atoms with E-state index < -0.39 is 15.8 Å². The van der Waals surface area contributed by atoms with E-state index in [1.807, 2.05) is 0 Å². The van der Waals surface area contributed by atoms with Gasteiger partial charge in [0, 0.05) is 26.8 Å². The fraction of sp³-hybridized carbons (Fsp3) is 0.625. The molecule has 1 aliphatic heterocycles. The molecule has 130 valence electrons. The summed E-state index contributed by atoms with van der Waals surface area (Å²) in [6, 6.07) is 5.75. The van der Waals surface area contributed by atoms with Gasteiger partial charge in [-0.25, -0.2) is 17.1 Å². The van der Waals surface area contributed by atoms with Crippen molar-refractivity contribution in [1.29, 1.82) is 0 Å². The Morgan fingerprint density at radius 1 is 1.26 bits per heavy atom. The highest BCUT2D eigenvalue weighted by Crippen LogP contribution is 2.22. The van der Waals surface area contributed by atoms with Crippen molar-refractivity contribution in [2.24, 2.45) is 5.92 Å². The lowest BCUT2D eigenvalue weighted by Gasteiger charge is -2.31. The Morgan fingerprint density at radius 2 is 2.00 bits per heavy atom. The number of piperidine rings is 1. The molecule has 0 unspecified atom stereocenters. The first-order chi connectivity index (χ1) is 11.0. The molecule has 0 atom stereocenters. The molecule has 0 amide bonds. The second-order valence-corrected chi connectivity index (χ2v) is 7.77. The fourth-order valence-electron chi connectivity index (χ4n) is 2.68. The molecule has 1 fully saturated rings. The SMILES string of the molecule is COCCOCC1CCN(S(=O)(=O)Cc2cccc(F)c2)CC1. The number of hydrogen-bond donors (Lipinski definition) is 0. The molecule has 0 saturated carbocycles. The molecule has 1 aromatic rings. The van der Waals surface area contributed by atoms with Gasteiger partial charge >= 0.3 is 0 Å². The minimum Gasteiger partial charge on any atom is -0.382 e. The number of ether oxygens (including phenoxy) is 2. The summed E-state index contributed by atoms with van der Waals surface area (Å²) in [5.41, 5.74) is 0.482. The van der Waals surface area contributed by atoms with Crippen LogP contribution in [0.25, 0.3) is 0 Å². The van der Waals surface area contributed by atoms with E-state index in [-0.39, 0.29) is 5.75 Å². The molecule has 0 radical (unpaired) electrons. The molecule has 7 heteroatoms. The molecular formula is C16H24FNO4S. The van der Waals surface area contributed by atoms with E-state index in [1.165, 1.54) is 22.5 Å². The maximum Gasteiger partial charge on any atom is 0.218 e. The molecule has 23 heavy (non-hydrogen) atoms. The summed E-state index contributed by atoms with van der Waals surface area (Å²) < 4.78 is 50.0. The van der Waals surface area contributed by atoms with Gasteiger partial charge in [0.25, 0.3) is 0 Å². The van der Waals surface area contributed by atoms with Crippen LogP contribution in [0.4, 0.5) is 4.39 Å². The average molecular weight is 345 g/mol. The Labute approximate surface area is 137 Å². The van der Waals surface area contributed by atoms with Crippen LogP contribution in [0.3, 0.4) is 0 Å². The van der Waals surface area contributed by atoms with Gasteiger partial charge in [0.15, 0.2) is 0 Å². The first-order valence-electron chi connectivity index (χ1n) is 7.80. The lowest BCUT2D eigenvalue weighted by molar-refractivity contribution is 0.0410. The van der Waals surface area contributed by atoms with Crippen LogP contribution in [0.1, 0.15) is 18.4 Å². The first kappa shape index (κ1) is 18.3. The molecule has 0 bridgehead atoms. The Balaban J connectivity index is 1.81. The maximum absolute atomic E-state index is 13.2. The van der Waals surface area contributed by atoms with Gasteiger partial charge in [-0.3, -0.25) is 0 Å². The Hall–Kier alpha value is -1.02. The number of methoxy groups -OCH3 is 1. The monoisotopic (exact) mass is 345 g/mol. The zero-order valence-electron chi connectivity index (χ0n) is 13.4. The van der Waals surface area contributed by atoms with Gasteiger partial charge in [-0.2, -0.15) is 0 Å². The smallest absolute Gasteiger partial charge is 0.218 e. The van der Waals surface area contributed by atoms with E-state index in [0.29, 0.717) is 44.4 Å². The molecule has 0 aliphatic carbocycles. The van der Waals surface area contributed by atoms with Crippen molar-refractivity contribution in [2.75, 3.05) is 40.0 Å². The topological polar surface area (TPSA) is 55.8 Å². The number of hydrogen-bond acceptors (Lipinski definition) is 4. The largest absolute Gasteiger partial charge is 0.382 e. The molecule has 0 N–H and O–H groups in total. The molecular weight excluding hydrogens is 321 g/mol. The lowest BCUT2D eigenvalue weighted by Crippen LogP contribution is -2.40. The zero-order valence-corrected chi connectivity index (χ0v) is 14.2. The van der Waals surface area contributed by atoms with E-state index in [1.54, 1.807) is 13.2 Å². The molecule has 1 aliphatic rings. The second-order valence-electron chi connectivity index (χ2n) is 5.80. The van der Waals surface area contributed by atoms with E-state index in [4.69, 9.17) is 9.47 Å². The highest BCUT2D eigenvalue weighted by atomic mass is 32.2. The van der Waals surface area contributed by atoms with Crippen molar-refractivity contribution in [1.82, 2.24) is 4.31 Å². The Kier molecular flexibility index (Phi) is 6.95. The number of sulfonamides is 1. The van der Waals surface area contributed by atoms with Gasteiger partial charge in [-0.1, -0.05) is 12.1 Å². The van der Waals surface area contributed by atoms with Crippen LogP contribution in [0.5, 0.6) is 0 Å². The van der Waals surface area contributed by atoms with E-state index in [0.717, 1.165) is 12.8 Å². The van der Waals surface area contributed by atoms with Crippen molar-refractivity contribution < 1.29 is 22.3 Å². The summed E-state index contributed by atoms with van der Waals surface area (Å²) >= 11 is 0. The third-order valence-corrected chi connectivity index (χ3v) is 5.84. The molecule has 5 nitrogen and oxygen atoms in total. The van der Waals surface area contributed by atoms with Crippen molar-refractivity contribution in [3.8, 4) is 0 Å².